The number of hydrogen-bond donors (Lipinski definition) is 2. The minimum absolute atomic E-state index is 0.00556. The molecule has 3 aromatic rings. The quantitative estimate of drug-likeness (QED) is 0.430. The summed E-state index contributed by atoms with van der Waals surface area (Å²) in [5.74, 6) is 1.09. The second-order valence-corrected chi connectivity index (χ2v) is 8.21. The Hall–Kier alpha value is -3.83. The third-order valence-corrected chi connectivity index (χ3v) is 6.13. The maximum Gasteiger partial charge on any atom is 0.233 e. The molecular weight excluding hydrogens is 468 g/mol. The molecule has 1 fully saturated rings. The minimum Gasteiger partial charge on any atom is -0.497 e. The van der Waals surface area contributed by atoms with Gasteiger partial charge in [-0.05, 0) is 54.5 Å². The number of benzene rings is 1. The van der Waals surface area contributed by atoms with Crippen molar-refractivity contribution in [2.75, 3.05) is 31.0 Å². The Morgan fingerprint density at radius 2 is 1.91 bits per heavy atom. The van der Waals surface area contributed by atoms with Gasteiger partial charge in [0.1, 0.15) is 5.75 Å². The summed E-state index contributed by atoms with van der Waals surface area (Å²) < 4.78 is 10.2. The average molecular weight is 495 g/mol. The van der Waals surface area contributed by atoms with E-state index >= 15 is 0 Å². The molecule has 1 aromatic carbocycles. The summed E-state index contributed by atoms with van der Waals surface area (Å²) in [5, 5.41) is 22.2. The summed E-state index contributed by atoms with van der Waals surface area (Å²) in [6.45, 7) is 0.513. The highest BCUT2D eigenvalue weighted by molar-refractivity contribution is 7.80. The molecule has 11 heteroatoms. The van der Waals surface area contributed by atoms with Gasteiger partial charge < -0.3 is 24.8 Å². The molecule has 2 aromatic heterocycles. The molecule has 1 saturated heterocycles. The number of anilines is 2. The Morgan fingerprint density at radius 1 is 1.11 bits per heavy atom. The molecule has 0 bridgehead atoms. The molecule has 0 spiro atoms. The van der Waals surface area contributed by atoms with Crippen LogP contribution in [0.5, 0.6) is 11.6 Å². The number of aromatic nitrogens is 3. The predicted molar refractivity (Wildman–Crippen MR) is 134 cm³/mol. The lowest BCUT2D eigenvalue weighted by molar-refractivity contribution is -0.117. The van der Waals surface area contributed by atoms with Crippen LogP contribution in [0.4, 0.5) is 11.5 Å². The second kappa shape index (κ2) is 11.1. The lowest BCUT2D eigenvalue weighted by Gasteiger charge is -2.25. The van der Waals surface area contributed by atoms with Gasteiger partial charge in [-0.1, -0.05) is 12.1 Å². The van der Waals surface area contributed by atoms with Crippen LogP contribution in [0.15, 0.2) is 60.9 Å². The van der Waals surface area contributed by atoms with Crippen molar-refractivity contribution in [2.45, 2.75) is 25.1 Å². The van der Waals surface area contributed by atoms with E-state index in [1.807, 2.05) is 35.2 Å². The molecule has 0 saturated carbocycles. The molecule has 1 amide bonds. The molecule has 2 unspecified atom stereocenters. The number of carbonyl (C=O) groups is 1. The highest BCUT2D eigenvalue weighted by Crippen LogP contribution is 2.30. The summed E-state index contributed by atoms with van der Waals surface area (Å²) in [7, 11) is 3.11. The summed E-state index contributed by atoms with van der Waals surface area (Å²) >= 11 is 5.74. The number of hydrogen-bond acceptors (Lipinski definition) is 8. The first-order chi connectivity index (χ1) is 17.0. The number of methoxy groups -OCH3 is 2. The normalized spacial score (nSPS) is 17.4. The van der Waals surface area contributed by atoms with Crippen LogP contribution in [0.2, 0.25) is 0 Å². The zero-order valence-electron chi connectivity index (χ0n) is 19.4. The molecule has 35 heavy (non-hydrogen) atoms. The Kier molecular flexibility index (Phi) is 7.68. The predicted octanol–water partition coefficient (Wildman–Crippen LogP) is 2.25. The molecule has 4 rings (SSSR count). The van der Waals surface area contributed by atoms with E-state index in [-0.39, 0.29) is 12.3 Å². The van der Waals surface area contributed by atoms with Gasteiger partial charge in [-0.15, -0.1) is 10.2 Å². The first kappa shape index (κ1) is 24.3. The van der Waals surface area contributed by atoms with Crippen LogP contribution >= 0.6 is 12.2 Å². The van der Waals surface area contributed by atoms with E-state index in [1.165, 1.54) is 7.11 Å². The van der Waals surface area contributed by atoms with Crippen LogP contribution in [-0.4, -0.2) is 69.2 Å². The first-order valence-electron chi connectivity index (χ1n) is 11.0. The fourth-order valence-corrected chi connectivity index (χ4v) is 4.32. The van der Waals surface area contributed by atoms with E-state index in [9.17, 15) is 9.90 Å². The summed E-state index contributed by atoms with van der Waals surface area (Å²) in [4.78, 5) is 20.5. The highest BCUT2D eigenvalue weighted by Gasteiger charge is 2.43. The van der Waals surface area contributed by atoms with Crippen LogP contribution in [0.25, 0.3) is 0 Å². The van der Waals surface area contributed by atoms with Gasteiger partial charge in [0.25, 0.3) is 0 Å². The van der Waals surface area contributed by atoms with Crippen molar-refractivity contribution in [3.8, 4) is 11.6 Å². The third kappa shape index (κ3) is 5.64. The zero-order chi connectivity index (χ0) is 24.8. The maximum atomic E-state index is 12.9. The second-order valence-electron chi connectivity index (χ2n) is 7.85. The summed E-state index contributed by atoms with van der Waals surface area (Å²) in [5.41, 5.74) is 1.74. The Bertz CT molecular complexity index is 1150. The van der Waals surface area contributed by atoms with Gasteiger partial charge in [0.2, 0.25) is 11.8 Å². The molecule has 0 aliphatic carbocycles. The van der Waals surface area contributed by atoms with Gasteiger partial charge in [-0.25, -0.2) is 0 Å². The number of rotatable bonds is 9. The molecule has 182 valence electrons. The van der Waals surface area contributed by atoms with Crippen molar-refractivity contribution in [1.82, 2.24) is 20.1 Å². The number of amides is 1. The third-order valence-electron chi connectivity index (χ3n) is 5.70. The van der Waals surface area contributed by atoms with Gasteiger partial charge in [-0.3, -0.25) is 14.7 Å². The minimum atomic E-state index is -1.03. The van der Waals surface area contributed by atoms with E-state index in [1.54, 1.807) is 42.6 Å². The molecule has 2 atom stereocenters. The van der Waals surface area contributed by atoms with Crippen molar-refractivity contribution in [2.24, 2.45) is 0 Å². The number of aliphatic hydroxyl groups is 1. The number of nitrogens with one attached hydrogen (secondary N) is 1. The molecule has 0 radical (unpaired) electrons. The Morgan fingerprint density at radius 3 is 2.54 bits per heavy atom. The van der Waals surface area contributed by atoms with Gasteiger partial charge in [-0.2, -0.15) is 0 Å². The monoisotopic (exact) mass is 494 g/mol. The Labute approximate surface area is 208 Å². The first-order valence-corrected chi connectivity index (χ1v) is 11.4. The van der Waals surface area contributed by atoms with Crippen molar-refractivity contribution in [3.05, 3.63) is 66.5 Å². The smallest absolute Gasteiger partial charge is 0.233 e. The molecule has 1 aliphatic rings. The molecule has 10 nitrogen and oxygen atoms in total. The van der Waals surface area contributed by atoms with Crippen molar-refractivity contribution < 1.29 is 19.4 Å². The number of ether oxygens (including phenoxy) is 2. The lowest BCUT2D eigenvalue weighted by atomic mass is 10.1. The van der Waals surface area contributed by atoms with E-state index in [4.69, 9.17) is 21.7 Å². The van der Waals surface area contributed by atoms with Crippen LogP contribution in [0.3, 0.4) is 0 Å². The van der Waals surface area contributed by atoms with Crippen LogP contribution in [0, 0.1) is 0 Å². The van der Waals surface area contributed by atoms with E-state index in [0.29, 0.717) is 35.5 Å². The standard InChI is InChI=1S/C24H26N6O4S/c1-33-18-7-5-16(6-8-18)11-13-29-19(14-21(31)26-20-9-10-22(34-2)28-27-20)23(32)30(24(29)35)17-4-3-12-25-15-17/h3-10,12,15,19,23,32H,11,13-14H2,1-2H3,(H,26,27,31). The number of carbonyl (C=O) groups excluding carboxylic acids is 1. The van der Waals surface area contributed by atoms with Gasteiger partial charge in [0.15, 0.2) is 17.2 Å². The fraction of sp³-hybridized carbons (Fsp3) is 0.292. The number of nitrogens with zero attached hydrogens (tertiary/aromatic N) is 5. The zero-order valence-corrected chi connectivity index (χ0v) is 20.2. The highest BCUT2D eigenvalue weighted by atomic mass is 32.1. The lowest BCUT2D eigenvalue weighted by Crippen LogP contribution is -2.41. The SMILES string of the molecule is COc1ccc(CCN2C(=S)N(c3cccnc3)C(O)C2CC(=O)Nc2ccc(OC)nn2)cc1. The van der Waals surface area contributed by atoms with Crippen molar-refractivity contribution >= 4 is 34.7 Å². The topological polar surface area (TPSA) is 113 Å². The molecule has 1 aliphatic heterocycles. The largest absolute Gasteiger partial charge is 0.497 e. The van der Waals surface area contributed by atoms with E-state index < -0.39 is 12.3 Å². The molecule has 2 N–H and O–H groups in total. The maximum absolute atomic E-state index is 12.9. The van der Waals surface area contributed by atoms with Gasteiger partial charge in [0, 0.05) is 18.8 Å². The van der Waals surface area contributed by atoms with E-state index in [2.05, 4.69) is 20.5 Å². The molecular formula is C24H26N6O4S. The van der Waals surface area contributed by atoms with Crippen molar-refractivity contribution in [1.29, 1.82) is 0 Å². The summed E-state index contributed by atoms with van der Waals surface area (Å²) in [6, 6.07) is 14.0. The average Bonchev–Trinajstić information content (AvgIpc) is 3.12. The molecule has 3 heterocycles. The fourth-order valence-electron chi connectivity index (χ4n) is 3.88. The summed E-state index contributed by atoms with van der Waals surface area (Å²) in [6.07, 6.45) is 2.91. The van der Waals surface area contributed by atoms with Crippen LogP contribution < -0.4 is 19.7 Å². The van der Waals surface area contributed by atoms with Gasteiger partial charge in [0.05, 0.1) is 38.6 Å². The van der Waals surface area contributed by atoms with Crippen LogP contribution in [-0.2, 0) is 11.2 Å². The van der Waals surface area contributed by atoms with Gasteiger partial charge >= 0.3 is 0 Å². The Balaban J connectivity index is 1.51. The number of thiocarbonyl (C=S) groups is 1. The van der Waals surface area contributed by atoms with Crippen molar-refractivity contribution in [3.63, 3.8) is 0 Å². The van der Waals surface area contributed by atoms with E-state index in [0.717, 1.165) is 11.3 Å². The van der Waals surface area contributed by atoms with Crippen LogP contribution in [0.1, 0.15) is 12.0 Å². The number of aliphatic hydroxyl groups excluding tert-OH is 1. The number of pyridine rings is 1.